The van der Waals surface area contributed by atoms with Gasteiger partial charge in [0.1, 0.15) is 0 Å². The van der Waals surface area contributed by atoms with Gasteiger partial charge >= 0.3 is 12.1 Å². The van der Waals surface area contributed by atoms with Gasteiger partial charge in [-0.15, -0.1) is 0 Å². The van der Waals surface area contributed by atoms with E-state index in [9.17, 15) is 22.8 Å². The molecule has 0 saturated carbocycles. The average Bonchev–Trinajstić information content (AvgIpc) is 2.61. The van der Waals surface area contributed by atoms with Gasteiger partial charge in [0.05, 0.1) is 22.8 Å². The van der Waals surface area contributed by atoms with Crippen molar-refractivity contribution >= 4 is 17.6 Å². The predicted octanol–water partition coefficient (Wildman–Crippen LogP) is 3.76. The fourth-order valence-electron chi connectivity index (χ4n) is 1.98. The fourth-order valence-corrected chi connectivity index (χ4v) is 1.98. The standard InChI is InChI=1S/C18H13F3N2O3/c1-11(26-17(25)13-7-5-12(10-22)6-8-13)16(24)23-15-4-2-3-14(9-15)18(19,20)21/h2-9,11H,1H3,(H,23,24). The zero-order chi connectivity index (χ0) is 19.3. The number of carbonyl (C=O) groups excluding carboxylic acids is 2. The summed E-state index contributed by atoms with van der Waals surface area (Å²) in [5, 5.41) is 11.0. The monoisotopic (exact) mass is 362 g/mol. The lowest BCUT2D eigenvalue weighted by molar-refractivity contribution is -0.137. The molecule has 0 bridgehead atoms. The minimum absolute atomic E-state index is 0.0638. The summed E-state index contributed by atoms with van der Waals surface area (Å²) in [5.41, 5.74) is -0.469. The summed E-state index contributed by atoms with van der Waals surface area (Å²) in [6.45, 7) is 1.30. The van der Waals surface area contributed by atoms with Gasteiger partial charge in [-0.2, -0.15) is 18.4 Å². The fraction of sp³-hybridized carbons (Fsp3) is 0.167. The van der Waals surface area contributed by atoms with Crippen LogP contribution >= 0.6 is 0 Å². The maximum Gasteiger partial charge on any atom is 0.416 e. The Kier molecular flexibility index (Phi) is 5.62. The molecule has 0 aliphatic rings. The van der Waals surface area contributed by atoms with Crippen LogP contribution in [0.2, 0.25) is 0 Å². The first-order valence-electron chi connectivity index (χ1n) is 7.40. The molecule has 134 valence electrons. The Labute approximate surface area is 147 Å². The molecule has 2 rings (SSSR count). The highest BCUT2D eigenvalue weighted by atomic mass is 19.4. The molecule has 5 nitrogen and oxygen atoms in total. The second-order valence-corrected chi connectivity index (χ2v) is 5.30. The number of rotatable bonds is 4. The highest BCUT2D eigenvalue weighted by Crippen LogP contribution is 2.30. The Bertz CT molecular complexity index is 855. The van der Waals surface area contributed by atoms with Crippen molar-refractivity contribution < 1.29 is 27.5 Å². The second-order valence-electron chi connectivity index (χ2n) is 5.30. The van der Waals surface area contributed by atoms with Crippen LogP contribution < -0.4 is 5.32 Å². The van der Waals surface area contributed by atoms with Crippen molar-refractivity contribution in [1.82, 2.24) is 0 Å². The lowest BCUT2D eigenvalue weighted by Crippen LogP contribution is -2.30. The van der Waals surface area contributed by atoms with Gasteiger partial charge in [0.25, 0.3) is 5.91 Å². The third kappa shape index (κ3) is 4.83. The van der Waals surface area contributed by atoms with Crippen LogP contribution in [0.1, 0.15) is 28.4 Å². The number of carbonyl (C=O) groups is 2. The van der Waals surface area contributed by atoms with Crippen LogP contribution in [-0.2, 0) is 15.7 Å². The van der Waals surface area contributed by atoms with Crippen molar-refractivity contribution in [3.63, 3.8) is 0 Å². The highest BCUT2D eigenvalue weighted by molar-refractivity contribution is 5.97. The number of anilines is 1. The molecular weight excluding hydrogens is 349 g/mol. The van der Waals surface area contributed by atoms with Gasteiger partial charge in [0, 0.05) is 5.69 Å². The second kappa shape index (κ2) is 7.70. The lowest BCUT2D eigenvalue weighted by atomic mass is 10.1. The Hall–Kier alpha value is -3.34. The zero-order valence-corrected chi connectivity index (χ0v) is 13.5. The number of amides is 1. The van der Waals surface area contributed by atoms with Gasteiger partial charge in [0.2, 0.25) is 0 Å². The summed E-state index contributed by atoms with van der Waals surface area (Å²) in [6.07, 6.45) is -5.76. The van der Waals surface area contributed by atoms with E-state index in [1.165, 1.54) is 37.3 Å². The summed E-state index contributed by atoms with van der Waals surface area (Å²) in [7, 11) is 0. The number of esters is 1. The summed E-state index contributed by atoms with van der Waals surface area (Å²) in [5.74, 6) is -1.56. The number of nitriles is 1. The first-order valence-corrected chi connectivity index (χ1v) is 7.40. The number of alkyl halides is 3. The average molecular weight is 362 g/mol. The van der Waals surface area contributed by atoms with E-state index >= 15 is 0 Å². The van der Waals surface area contributed by atoms with Crippen LogP contribution in [0.3, 0.4) is 0 Å². The van der Waals surface area contributed by atoms with E-state index in [4.69, 9.17) is 10.00 Å². The molecule has 1 atom stereocenters. The van der Waals surface area contributed by atoms with Gasteiger partial charge in [0.15, 0.2) is 6.10 Å². The topological polar surface area (TPSA) is 79.2 Å². The van der Waals surface area contributed by atoms with Gasteiger partial charge in [-0.25, -0.2) is 4.79 Å². The van der Waals surface area contributed by atoms with Crippen molar-refractivity contribution in [3.05, 3.63) is 65.2 Å². The molecule has 0 fully saturated rings. The van der Waals surface area contributed by atoms with E-state index < -0.39 is 29.7 Å². The molecule has 1 amide bonds. The van der Waals surface area contributed by atoms with Crippen molar-refractivity contribution in [3.8, 4) is 6.07 Å². The predicted molar refractivity (Wildman–Crippen MR) is 86.1 cm³/mol. The number of nitrogens with zero attached hydrogens (tertiary/aromatic N) is 1. The van der Waals surface area contributed by atoms with Crippen LogP contribution in [0.4, 0.5) is 18.9 Å². The number of ether oxygens (including phenoxy) is 1. The van der Waals surface area contributed by atoms with E-state index in [-0.39, 0.29) is 11.3 Å². The molecule has 2 aromatic rings. The Morgan fingerprint density at radius 3 is 2.38 bits per heavy atom. The van der Waals surface area contributed by atoms with Gasteiger partial charge < -0.3 is 10.1 Å². The van der Waals surface area contributed by atoms with Crippen molar-refractivity contribution in [1.29, 1.82) is 5.26 Å². The molecule has 0 spiro atoms. The normalized spacial score (nSPS) is 12.0. The maximum absolute atomic E-state index is 12.7. The molecule has 1 unspecified atom stereocenters. The number of benzene rings is 2. The van der Waals surface area contributed by atoms with Crippen LogP contribution in [-0.4, -0.2) is 18.0 Å². The summed E-state index contributed by atoms with van der Waals surface area (Å²) >= 11 is 0. The van der Waals surface area contributed by atoms with Crippen LogP contribution in [0.15, 0.2) is 48.5 Å². The third-order valence-electron chi connectivity index (χ3n) is 3.36. The molecule has 8 heteroatoms. The third-order valence-corrected chi connectivity index (χ3v) is 3.36. The molecule has 0 aliphatic carbocycles. The largest absolute Gasteiger partial charge is 0.449 e. The van der Waals surface area contributed by atoms with Crippen LogP contribution in [0.25, 0.3) is 0 Å². The Morgan fingerprint density at radius 1 is 1.15 bits per heavy atom. The number of hydrogen-bond acceptors (Lipinski definition) is 4. The maximum atomic E-state index is 12.7. The molecule has 2 aromatic carbocycles. The Balaban J connectivity index is 2.01. The van der Waals surface area contributed by atoms with E-state index in [2.05, 4.69) is 5.32 Å². The first-order chi connectivity index (χ1) is 12.2. The summed E-state index contributed by atoms with van der Waals surface area (Å²) in [4.78, 5) is 24.0. The van der Waals surface area contributed by atoms with E-state index in [0.29, 0.717) is 5.56 Å². The highest BCUT2D eigenvalue weighted by Gasteiger charge is 2.30. The van der Waals surface area contributed by atoms with Crippen LogP contribution in [0.5, 0.6) is 0 Å². The van der Waals surface area contributed by atoms with Crippen molar-refractivity contribution in [2.45, 2.75) is 19.2 Å². The van der Waals surface area contributed by atoms with Crippen molar-refractivity contribution in [2.75, 3.05) is 5.32 Å². The van der Waals surface area contributed by atoms with E-state index in [1.54, 1.807) is 0 Å². The van der Waals surface area contributed by atoms with Crippen molar-refractivity contribution in [2.24, 2.45) is 0 Å². The quantitative estimate of drug-likeness (QED) is 0.840. The molecule has 0 aliphatic heterocycles. The minimum Gasteiger partial charge on any atom is -0.449 e. The van der Waals surface area contributed by atoms with Gasteiger partial charge in [-0.3, -0.25) is 4.79 Å². The summed E-state index contributed by atoms with van der Waals surface area (Å²) in [6, 6.07) is 11.6. The molecular formula is C18H13F3N2O3. The number of halogens is 3. The van der Waals surface area contributed by atoms with Gasteiger partial charge in [-0.1, -0.05) is 6.07 Å². The molecule has 0 heterocycles. The smallest absolute Gasteiger partial charge is 0.416 e. The van der Waals surface area contributed by atoms with E-state index in [0.717, 1.165) is 18.2 Å². The minimum atomic E-state index is -4.53. The van der Waals surface area contributed by atoms with E-state index in [1.807, 2.05) is 6.07 Å². The first kappa shape index (κ1) is 19.0. The number of hydrogen-bond donors (Lipinski definition) is 1. The molecule has 26 heavy (non-hydrogen) atoms. The molecule has 0 aromatic heterocycles. The molecule has 0 radical (unpaired) electrons. The summed E-state index contributed by atoms with van der Waals surface area (Å²) < 4.78 is 43.0. The zero-order valence-electron chi connectivity index (χ0n) is 13.5. The molecule has 1 N–H and O–H groups in total. The molecule has 0 saturated heterocycles. The van der Waals surface area contributed by atoms with Crippen LogP contribution in [0, 0.1) is 11.3 Å². The van der Waals surface area contributed by atoms with Gasteiger partial charge in [-0.05, 0) is 49.4 Å². The SMILES string of the molecule is CC(OC(=O)c1ccc(C#N)cc1)C(=O)Nc1cccc(C(F)(F)F)c1. The number of nitrogens with one attached hydrogen (secondary N) is 1. The Morgan fingerprint density at radius 2 is 1.81 bits per heavy atom. The lowest BCUT2D eigenvalue weighted by Gasteiger charge is -2.14.